The van der Waals surface area contributed by atoms with Crippen molar-refractivity contribution in [3.05, 3.63) is 34.5 Å². The van der Waals surface area contributed by atoms with Gasteiger partial charge in [0, 0.05) is 5.69 Å². The second kappa shape index (κ2) is 6.27. The van der Waals surface area contributed by atoms with E-state index in [1.807, 2.05) is 0 Å². The van der Waals surface area contributed by atoms with E-state index >= 15 is 0 Å². The third kappa shape index (κ3) is 2.85. The van der Waals surface area contributed by atoms with E-state index in [0.717, 1.165) is 55.5 Å². The summed E-state index contributed by atoms with van der Waals surface area (Å²) in [7, 11) is 0. The molecule has 1 aromatic heterocycles. The average Bonchev–Trinajstić information content (AvgIpc) is 3.26. The number of rotatable bonds is 3. The van der Waals surface area contributed by atoms with Gasteiger partial charge in [-0.05, 0) is 72.1 Å². The van der Waals surface area contributed by atoms with Crippen LogP contribution in [0.1, 0.15) is 35.1 Å². The third-order valence-corrected chi connectivity index (χ3v) is 6.68. The lowest BCUT2D eigenvalue weighted by Crippen LogP contribution is -2.34. The predicted molar refractivity (Wildman–Crippen MR) is 95.6 cm³/mol. The van der Waals surface area contributed by atoms with E-state index in [4.69, 9.17) is 5.73 Å². The topological polar surface area (TPSA) is 103 Å². The Morgan fingerprint density at radius 2 is 1.88 bits per heavy atom. The lowest BCUT2D eigenvalue weighted by atomic mass is 9.99. The molecule has 4 N–H and O–H groups in total. The molecule has 0 bridgehead atoms. The van der Waals surface area contributed by atoms with Gasteiger partial charge >= 0.3 is 10.4 Å². The minimum absolute atomic E-state index is 0.297. The van der Waals surface area contributed by atoms with Gasteiger partial charge in [-0.2, -0.15) is 4.98 Å². The molecule has 4 rings (SSSR count). The van der Waals surface area contributed by atoms with Gasteiger partial charge in [-0.3, -0.25) is 0 Å². The van der Waals surface area contributed by atoms with Gasteiger partial charge in [0.2, 0.25) is 0 Å². The van der Waals surface area contributed by atoms with Gasteiger partial charge in [0.15, 0.2) is 0 Å². The number of amides is 2. The van der Waals surface area contributed by atoms with E-state index in [2.05, 4.69) is 21.1 Å². The van der Waals surface area contributed by atoms with Crippen LogP contribution < -0.4 is 15.8 Å². The van der Waals surface area contributed by atoms with Crippen molar-refractivity contribution in [2.45, 2.75) is 42.9 Å². The molecule has 1 atom stereocenters. The van der Waals surface area contributed by atoms with Crippen LogP contribution in [0.4, 0.5) is 15.5 Å². The second-order valence-electron chi connectivity index (χ2n) is 6.09. The van der Waals surface area contributed by atoms with Gasteiger partial charge in [0.25, 0.3) is 0 Å². The lowest BCUT2D eigenvalue weighted by molar-refractivity contribution is 0.256. The van der Waals surface area contributed by atoms with E-state index in [-0.39, 0.29) is 0 Å². The number of anilines is 2. The van der Waals surface area contributed by atoms with Crippen LogP contribution in [-0.2, 0) is 37.0 Å². The largest absolute Gasteiger partial charge is 0.586 e. The highest BCUT2D eigenvalue weighted by atomic mass is 32.2. The highest BCUT2D eigenvalue weighted by Gasteiger charge is 2.26. The molecule has 1 heterocycles. The maximum atomic E-state index is 12.3. The Labute approximate surface area is 147 Å². The number of thiazole rings is 1. The number of urea groups is 1. The maximum absolute atomic E-state index is 12.3. The summed E-state index contributed by atoms with van der Waals surface area (Å²) in [5.41, 5.74) is 11.7. The molecule has 1 unspecified atom stereocenters. The standard InChI is InChI=1S/C16H18N4O2S2/c17-13-8-18-16(23-13)24(22)20-15(21)19-14-11-5-1-3-9(11)7-10-4-2-6-12(10)14/h7-8H,1-6,17H2,(H2,19,20,21). The van der Waals surface area contributed by atoms with Crippen LogP contribution in [0, 0.1) is 0 Å². The highest BCUT2D eigenvalue weighted by molar-refractivity contribution is 7.92. The Balaban J connectivity index is 1.54. The van der Waals surface area contributed by atoms with E-state index in [1.54, 1.807) is 0 Å². The number of nitrogens with zero attached hydrogens (tertiary/aromatic N) is 1. The molecule has 24 heavy (non-hydrogen) atoms. The summed E-state index contributed by atoms with van der Waals surface area (Å²) in [5.74, 6) is 0. The predicted octanol–water partition coefficient (Wildman–Crippen LogP) is 2.55. The van der Waals surface area contributed by atoms with Crippen molar-refractivity contribution in [3.8, 4) is 0 Å². The zero-order valence-electron chi connectivity index (χ0n) is 13.1. The van der Waals surface area contributed by atoms with Crippen LogP contribution in [0.5, 0.6) is 0 Å². The van der Waals surface area contributed by atoms with Gasteiger partial charge in [0.05, 0.1) is 6.20 Å². The first-order valence-corrected chi connectivity index (χ1v) is 9.95. The average molecular weight is 362 g/mol. The molecule has 0 saturated heterocycles. The maximum Gasteiger partial charge on any atom is 0.361 e. The Morgan fingerprint density at radius 3 is 2.46 bits per heavy atom. The number of nitrogens with one attached hydrogen (secondary N) is 2. The number of hydrogen-bond donors (Lipinski definition) is 3. The van der Waals surface area contributed by atoms with Crippen LogP contribution in [0.3, 0.4) is 0 Å². The zero-order valence-corrected chi connectivity index (χ0v) is 14.7. The molecule has 2 amide bonds. The van der Waals surface area contributed by atoms with Crippen molar-refractivity contribution in [2.24, 2.45) is 0 Å². The molecule has 0 aliphatic heterocycles. The molecular formula is C16H18N4O2S2. The van der Waals surface area contributed by atoms with Crippen LogP contribution in [0.25, 0.3) is 0 Å². The van der Waals surface area contributed by atoms with Crippen LogP contribution in [0.15, 0.2) is 16.6 Å². The summed E-state index contributed by atoms with van der Waals surface area (Å²) in [6, 6.07) is 1.85. The van der Waals surface area contributed by atoms with Crippen molar-refractivity contribution < 1.29 is 9.35 Å². The van der Waals surface area contributed by atoms with Crippen LogP contribution >= 0.6 is 11.3 Å². The number of aromatic nitrogens is 1. The third-order valence-electron chi connectivity index (χ3n) is 4.56. The Kier molecular flexibility index (Phi) is 4.11. The van der Waals surface area contributed by atoms with E-state index < -0.39 is 17.4 Å². The van der Waals surface area contributed by atoms with Gasteiger partial charge in [-0.1, -0.05) is 6.07 Å². The fourth-order valence-corrected chi connectivity index (χ4v) is 5.17. The molecule has 0 fully saturated rings. The summed E-state index contributed by atoms with van der Waals surface area (Å²) in [6.07, 6.45) is 7.81. The Hall–Kier alpha value is -1.77. The molecule has 8 heteroatoms. The van der Waals surface area contributed by atoms with Crippen molar-refractivity contribution >= 4 is 39.4 Å². The summed E-state index contributed by atoms with van der Waals surface area (Å²) >= 11 is -0.589. The minimum Gasteiger partial charge on any atom is -0.586 e. The van der Waals surface area contributed by atoms with Crippen molar-refractivity contribution in [3.63, 3.8) is 0 Å². The fourth-order valence-electron chi connectivity index (χ4n) is 3.59. The van der Waals surface area contributed by atoms with Crippen molar-refractivity contribution in [1.29, 1.82) is 0 Å². The molecule has 1 aromatic carbocycles. The number of fused-ring (bicyclic) bond motifs is 2. The van der Waals surface area contributed by atoms with Gasteiger partial charge in [-0.15, -0.1) is 4.72 Å². The quantitative estimate of drug-likeness (QED) is 0.730. The summed E-state index contributed by atoms with van der Waals surface area (Å²) in [4.78, 5) is 16.3. The Bertz CT molecular complexity index is 773. The van der Waals surface area contributed by atoms with Gasteiger partial charge in [-0.25, -0.2) is 4.79 Å². The monoisotopic (exact) mass is 362 g/mol. The summed E-state index contributed by atoms with van der Waals surface area (Å²) in [6.45, 7) is 0. The van der Waals surface area contributed by atoms with E-state index in [0.29, 0.717) is 9.34 Å². The zero-order chi connectivity index (χ0) is 16.7. The molecule has 6 nitrogen and oxygen atoms in total. The first kappa shape index (κ1) is 15.7. The summed E-state index contributed by atoms with van der Waals surface area (Å²) in [5, 5.41) is 3.42. The SMILES string of the molecule is Nc1cnc([S+]([O-])NC(=O)Nc2c3c(cc4c2CCC4)CCC3)s1. The number of benzene rings is 1. The minimum atomic E-state index is -1.70. The number of hydrogen-bond acceptors (Lipinski definition) is 5. The number of nitrogen functional groups attached to an aromatic ring is 1. The van der Waals surface area contributed by atoms with E-state index in [9.17, 15) is 9.35 Å². The summed E-state index contributed by atoms with van der Waals surface area (Å²) < 4.78 is 14.9. The number of carbonyl (C=O) groups excluding carboxylic acids is 1. The molecule has 2 aliphatic rings. The van der Waals surface area contributed by atoms with E-state index in [1.165, 1.54) is 28.5 Å². The molecular weight excluding hydrogens is 344 g/mol. The number of nitrogens with two attached hydrogens (primary N) is 1. The first-order valence-electron chi connectivity index (χ1n) is 7.99. The molecule has 0 radical (unpaired) electrons. The molecule has 0 spiro atoms. The highest BCUT2D eigenvalue weighted by Crippen LogP contribution is 2.38. The van der Waals surface area contributed by atoms with Crippen molar-refractivity contribution in [1.82, 2.24) is 9.71 Å². The Morgan fingerprint density at radius 1 is 1.21 bits per heavy atom. The van der Waals surface area contributed by atoms with Crippen molar-refractivity contribution in [2.75, 3.05) is 11.1 Å². The normalized spacial score (nSPS) is 16.5. The van der Waals surface area contributed by atoms with Crippen LogP contribution in [-0.4, -0.2) is 15.6 Å². The number of carbonyl (C=O) groups is 1. The molecule has 0 saturated carbocycles. The number of aryl methyl sites for hydroxylation is 2. The van der Waals surface area contributed by atoms with Crippen LogP contribution in [0.2, 0.25) is 0 Å². The van der Waals surface area contributed by atoms with Gasteiger partial charge < -0.3 is 15.6 Å². The lowest BCUT2D eigenvalue weighted by Gasteiger charge is -2.16. The molecule has 126 valence electrons. The first-order chi connectivity index (χ1) is 11.6. The smallest absolute Gasteiger partial charge is 0.361 e. The molecule has 2 aliphatic carbocycles. The van der Waals surface area contributed by atoms with Gasteiger partial charge in [0.1, 0.15) is 16.4 Å². The fraction of sp³-hybridized carbons (Fsp3) is 0.375. The second-order valence-corrected chi connectivity index (χ2v) is 8.54. The molecule has 2 aromatic rings.